The summed E-state index contributed by atoms with van der Waals surface area (Å²) in [4.78, 5) is 12.1. The zero-order valence-corrected chi connectivity index (χ0v) is 10.1. The Morgan fingerprint density at radius 3 is 2.53 bits per heavy atom. The van der Waals surface area contributed by atoms with Crippen LogP contribution in [-0.4, -0.2) is 9.78 Å². The number of nitrogens with zero attached hydrogens (tertiary/aromatic N) is 2. The number of rotatable bonds is 3. The summed E-state index contributed by atoms with van der Waals surface area (Å²) in [7, 11) is 0. The van der Waals surface area contributed by atoms with Crippen molar-refractivity contribution in [2.24, 2.45) is 0 Å². The Balaban J connectivity index is 2.35. The summed E-state index contributed by atoms with van der Waals surface area (Å²) < 4.78 is 1.52. The van der Waals surface area contributed by atoms with Crippen LogP contribution in [0.1, 0.15) is 30.9 Å². The maximum atomic E-state index is 12.1. The minimum absolute atomic E-state index is 0.00588. The average Bonchev–Trinajstić information content (AvgIpc) is 2.33. The lowest BCUT2D eigenvalue weighted by Gasteiger charge is -2.08. The Morgan fingerprint density at radius 2 is 1.88 bits per heavy atom. The Hall–Kier alpha value is -1.90. The molecular weight excluding hydrogens is 212 g/mol. The lowest BCUT2D eigenvalue weighted by molar-refractivity contribution is 0.621. The normalized spacial score (nSPS) is 10.8. The third-order valence-electron chi connectivity index (χ3n) is 2.74. The summed E-state index contributed by atoms with van der Waals surface area (Å²) in [6, 6.07) is 11.7. The molecule has 0 unspecified atom stereocenters. The highest BCUT2D eigenvalue weighted by molar-refractivity contribution is 5.16. The van der Waals surface area contributed by atoms with E-state index < -0.39 is 0 Å². The molecule has 0 saturated carbocycles. The predicted molar refractivity (Wildman–Crippen MR) is 68.1 cm³/mol. The predicted octanol–water partition coefficient (Wildman–Crippen LogP) is 2.42. The van der Waals surface area contributed by atoms with Crippen molar-refractivity contribution < 1.29 is 0 Å². The van der Waals surface area contributed by atoms with Gasteiger partial charge in [0.25, 0.3) is 5.56 Å². The Labute approximate surface area is 101 Å². The molecule has 0 aliphatic rings. The number of hydrogen-bond donors (Lipinski definition) is 0. The third-order valence-corrected chi connectivity index (χ3v) is 2.74. The Morgan fingerprint density at radius 1 is 1.18 bits per heavy atom. The first-order chi connectivity index (χ1) is 8.18. The molecule has 1 aromatic heterocycles. The van der Waals surface area contributed by atoms with E-state index in [0.29, 0.717) is 6.54 Å². The van der Waals surface area contributed by atoms with Crippen molar-refractivity contribution in [3.63, 3.8) is 0 Å². The van der Waals surface area contributed by atoms with Gasteiger partial charge in [0.2, 0.25) is 0 Å². The maximum Gasteiger partial charge on any atom is 0.270 e. The first-order valence-corrected chi connectivity index (χ1v) is 5.78. The van der Waals surface area contributed by atoms with E-state index in [1.54, 1.807) is 12.3 Å². The molecule has 1 heterocycles. The van der Waals surface area contributed by atoms with Crippen molar-refractivity contribution in [3.8, 4) is 0 Å². The molecule has 2 aromatic rings. The molecule has 0 N–H and O–H groups in total. The van der Waals surface area contributed by atoms with Crippen LogP contribution >= 0.6 is 0 Å². The van der Waals surface area contributed by atoms with Gasteiger partial charge in [0.1, 0.15) is 0 Å². The molecule has 0 aliphatic heterocycles. The van der Waals surface area contributed by atoms with Gasteiger partial charge in [-0.15, -0.1) is 0 Å². The Kier molecular flexibility index (Phi) is 3.38. The van der Waals surface area contributed by atoms with Gasteiger partial charge in [-0.3, -0.25) is 4.79 Å². The minimum Gasteiger partial charge on any atom is -0.267 e. The molecule has 88 valence electrons. The lowest BCUT2D eigenvalue weighted by Crippen LogP contribution is -2.26. The monoisotopic (exact) mass is 228 g/mol. The highest BCUT2D eigenvalue weighted by Gasteiger charge is 2.07. The summed E-state index contributed by atoms with van der Waals surface area (Å²) in [6.45, 7) is 4.56. The van der Waals surface area contributed by atoms with Crippen LogP contribution in [0.2, 0.25) is 0 Å². The van der Waals surface area contributed by atoms with Gasteiger partial charge >= 0.3 is 0 Å². The molecule has 0 spiro atoms. The standard InChI is InChI=1S/C14H16N2O/c1-11(2)13-8-9-15-16(14(13)17)10-12-6-4-3-5-7-12/h3-9,11H,10H2,1-2H3. The first kappa shape index (κ1) is 11.6. The molecule has 3 nitrogen and oxygen atoms in total. The zero-order valence-electron chi connectivity index (χ0n) is 10.1. The van der Waals surface area contributed by atoms with Crippen molar-refractivity contribution in [3.05, 3.63) is 64.1 Å². The molecule has 0 radical (unpaired) electrons. The van der Waals surface area contributed by atoms with Crippen LogP contribution in [0.5, 0.6) is 0 Å². The van der Waals surface area contributed by atoms with E-state index in [-0.39, 0.29) is 11.5 Å². The van der Waals surface area contributed by atoms with Crippen molar-refractivity contribution in [2.45, 2.75) is 26.3 Å². The van der Waals surface area contributed by atoms with Crippen LogP contribution in [0, 0.1) is 0 Å². The molecule has 17 heavy (non-hydrogen) atoms. The number of aromatic nitrogens is 2. The summed E-state index contributed by atoms with van der Waals surface area (Å²) in [5.41, 5.74) is 1.91. The fourth-order valence-electron chi connectivity index (χ4n) is 1.78. The van der Waals surface area contributed by atoms with E-state index in [0.717, 1.165) is 11.1 Å². The molecular formula is C14H16N2O. The van der Waals surface area contributed by atoms with Crippen LogP contribution in [0.15, 0.2) is 47.4 Å². The van der Waals surface area contributed by atoms with E-state index in [1.807, 2.05) is 44.2 Å². The average molecular weight is 228 g/mol. The second kappa shape index (κ2) is 4.95. The maximum absolute atomic E-state index is 12.1. The lowest BCUT2D eigenvalue weighted by atomic mass is 10.1. The van der Waals surface area contributed by atoms with Gasteiger partial charge in [0.15, 0.2) is 0 Å². The van der Waals surface area contributed by atoms with E-state index in [4.69, 9.17) is 0 Å². The quantitative estimate of drug-likeness (QED) is 0.808. The van der Waals surface area contributed by atoms with Gasteiger partial charge in [-0.1, -0.05) is 44.2 Å². The molecule has 0 bridgehead atoms. The largest absolute Gasteiger partial charge is 0.270 e. The van der Waals surface area contributed by atoms with E-state index in [2.05, 4.69) is 5.10 Å². The minimum atomic E-state index is 0.00588. The van der Waals surface area contributed by atoms with Crippen LogP contribution in [-0.2, 0) is 6.54 Å². The first-order valence-electron chi connectivity index (χ1n) is 5.78. The van der Waals surface area contributed by atoms with Gasteiger partial charge in [0, 0.05) is 11.8 Å². The van der Waals surface area contributed by atoms with Crippen LogP contribution < -0.4 is 5.56 Å². The van der Waals surface area contributed by atoms with Crippen molar-refractivity contribution >= 4 is 0 Å². The molecule has 2 rings (SSSR count). The molecule has 0 aliphatic carbocycles. The van der Waals surface area contributed by atoms with E-state index in [1.165, 1.54) is 4.68 Å². The van der Waals surface area contributed by atoms with Crippen LogP contribution in [0.3, 0.4) is 0 Å². The fourth-order valence-corrected chi connectivity index (χ4v) is 1.78. The SMILES string of the molecule is CC(C)c1ccnn(Cc2ccccc2)c1=O. The van der Waals surface area contributed by atoms with Gasteiger partial charge in [-0.05, 0) is 17.5 Å². The summed E-state index contributed by atoms with van der Waals surface area (Å²) in [5, 5.41) is 4.12. The summed E-state index contributed by atoms with van der Waals surface area (Å²) in [6.07, 6.45) is 1.69. The number of hydrogen-bond acceptors (Lipinski definition) is 2. The summed E-state index contributed by atoms with van der Waals surface area (Å²) in [5.74, 6) is 0.229. The van der Waals surface area contributed by atoms with Crippen molar-refractivity contribution in [1.82, 2.24) is 9.78 Å². The molecule has 0 fully saturated rings. The van der Waals surface area contributed by atoms with Crippen LogP contribution in [0.25, 0.3) is 0 Å². The van der Waals surface area contributed by atoms with Crippen molar-refractivity contribution in [2.75, 3.05) is 0 Å². The Bertz CT molecular complexity index is 544. The van der Waals surface area contributed by atoms with E-state index in [9.17, 15) is 4.79 Å². The third kappa shape index (κ3) is 2.61. The van der Waals surface area contributed by atoms with E-state index >= 15 is 0 Å². The van der Waals surface area contributed by atoms with Gasteiger partial charge in [-0.25, -0.2) is 4.68 Å². The second-order valence-corrected chi connectivity index (χ2v) is 4.39. The van der Waals surface area contributed by atoms with Gasteiger partial charge in [-0.2, -0.15) is 5.10 Å². The van der Waals surface area contributed by atoms with Crippen molar-refractivity contribution in [1.29, 1.82) is 0 Å². The highest BCUT2D eigenvalue weighted by atomic mass is 16.1. The van der Waals surface area contributed by atoms with Crippen LogP contribution in [0.4, 0.5) is 0 Å². The molecule has 1 aromatic carbocycles. The number of benzene rings is 1. The highest BCUT2D eigenvalue weighted by Crippen LogP contribution is 2.08. The molecule has 0 saturated heterocycles. The molecule has 0 atom stereocenters. The molecule has 3 heteroatoms. The second-order valence-electron chi connectivity index (χ2n) is 4.39. The van der Waals surface area contributed by atoms with Gasteiger partial charge < -0.3 is 0 Å². The summed E-state index contributed by atoms with van der Waals surface area (Å²) >= 11 is 0. The topological polar surface area (TPSA) is 34.9 Å². The van der Waals surface area contributed by atoms with Gasteiger partial charge in [0.05, 0.1) is 6.54 Å². The molecule has 0 amide bonds. The fraction of sp³-hybridized carbons (Fsp3) is 0.286. The smallest absolute Gasteiger partial charge is 0.267 e. The zero-order chi connectivity index (χ0) is 12.3.